The van der Waals surface area contributed by atoms with E-state index in [1.807, 2.05) is 22.4 Å². The van der Waals surface area contributed by atoms with Gasteiger partial charge in [0.25, 0.3) is 5.91 Å². The zero-order chi connectivity index (χ0) is 19.2. The molecular formula is C20H25NO5S. The Balaban J connectivity index is 1.89. The average Bonchev–Trinajstić information content (AvgIpc) is 3.39. The van der Waals surface area contributed by atoms with Gasteiger partial charge in [0.2, 0.25) is 5.75 Å². The van der Waals surface area contributed by atoms with Crippen LogP contribution in [0.2, 0.25) is 0 Å². The number of methoxy groups -OCH3 is 3. The number of nitrogens with zero attached hydrogens (tertiary/aromatic N) is 1. The fourth-order valence-corrected chi connectivity index (χ4v) is 3.95. The number of ether oxygens (including phenoxy) is 4. The number of rotatable bonds is 8. The van der Waals surface area contributed by atoms with Crippen molar-refractivity contribution in [3.05, 3.63) is 40.1 Å². The molecule has 0 unspecified atom stereocenters. The van der Waals surface area contributed by atoms with E-state index in [4.69, 9.17) is 18.9 Å². The van der Waals surface area contributed by atoms with Gasteiger partial charge < -0.3 is 23.8 Å². The van der Waals surface area contributed by atoms with E-state index in [2.05, 4.69) is 0 Å². The normalized spacial score (nSPS) is 16.2. The Bertz CT molecular complexity index is 731. The molecule has 1 aliphatic rings. The molecule has 0 radical (unpaired) electrons. The van der Waals surface area contributed by atoms with Crippen LogP contribution < -0.4 is 14.2 Å². The van der Waals surface area contributed by atoms with Gasteiger partial charge in [-0.2, -0.15) is 0 Å². The summed E-state index contributed by atoms with van der Waals surface area (Å²) in [4.78, 5) is 16.3. The lowest BCUT2D eigenvalue weighted by Gasteiger charge is -2.26. The van der Waals surface area contributed by atoms with Crippen molar-refractivity contribution in [1.29, 1.82) is 0 Å². The van der Waals surface area contributed by atoms with Crippen LogP contribution in [0, 0.1) is 0 Å². The monoisotopic (exact) mass is 391 g/mol. The first-order valence-corrected chi connectivity index (χ1v) is 9.77. The molecule has 0 aliphatic carbocycles. The van der Waals surface area contributed by atoms with Crippen LogP contribution >= 0.6 is 11.3 Å². The van der Waals surface area contributed by atoms with Crippen LogP contribution in [0.25, 0.3) is 0 Å². The molecule has 1 atom stereocenters. The molecule has 0 spiro atoms. The molecule has 1 fully saturated rings. The van der Waals surface area contributed by atoms with Crippen molar-refractivity contribution in [2.45, 2.75) is 25.5 Å². The summed E-state index contributed by atoms with van der Waals surface area (Å²) < 4.78 is 21.9. The predicted molar refractivity (Wildman–Crippen MR) is 104 cm³/mol. The van der Waals surface area contributed by atoms with Crippen LogP contribution in [0.3, 0.4) is 0 Å². The summed E-state index contributed by atoms with van der Waals surface area (Å²) >= 11 is 1.64. The van der Waals surface area contributed by atoms with E-state index in [9.17, 15) is 4.79 Å². The SMILES string of the molecule is COc1cc(C(=O)N(Cc2cccs2)C[C@@H]2CCCO2)cc(OC)c1OC. The van der Waals surface area contributed by atoms with Crippen LogP contribution in [0.5, 0.6) is 17.2 Å². The summed E-state index contributed by atoms with van der Waals surface area (Å²) in [6, 6.07) is 7.42. The molecule has 1 saturated heterocycles. The molecule has 2 aromatic rings. The number of amides is 1. The van der Waals surface area contributed by atoms with Crippen LogP contribution in [-0.2, 0) is 11.3 Å². The standard InChI is InChI=1S/C20H25NO5S/c1-23-17-10-14(11-18(24-2)19(17)25-3)20(22)21(12-15-6-4-8-26-15)13-16-7-5-9-27-16/h5,7,9-11,15H,4,6,8,12-13H2,1-3H3/t15-/m0/s1. The van der Waals surface area contributed by atoms with Crippen LogP contribution in [0.15, 0.2) is 29.6 Å². The Kier molecular flexibility index (Phi) is 6.58. The van der Waals surface area contributed by atoms with E-state index in [0.717, 1.165) is 24.3 Å². The third-order valence-corrected chi connectivity index (χ3v) is 5.43. The van der Waals surface area contributed by atoms with Crippen molar-refractivity contribution >= 4 is 17.2 Å². The quantitative estimate of drug-likeness (QED) is 0.688. The molecule has 1 aromatic heterocycles. The van der Waals surface area contributed by atoms with Gasteiger partial charge in [0, 0.05) is 23.6 Å². The van der Waals surface area contributed by atoms with Gasteiger partial charge in [-0.3, -0.25) is 4.79 Å². The smallest absolute Gasteiger partial charge is 0.254 e. The molecule has 0 bridgehead atoms. The Hall–Kier alpha value is -2.25. The van der Waals surface area contributed by atoms with Crippen molar-refractivity contribution < 1.29 is 23.7 Å². The first-order valence-electron chi connectivity index (χ1n) is 8.89. The first-order chi connectivity index (χ1) is 13.2. The highest BCUT2D eigenvalue weighted by atomic mass is 32.1. The molecule has 146 valence electrons. The maximum atomic E-state index is 13.3. The number of hydrogen-bond acceptors (Lipinski definition) is 6. The molecule has 7 heteroatoms. The zero-order valence-corrected chi connectivity index (χ0v) is 16.7. The fourth-order valence-electron chi connectivity index (χ4n) is 3.23. The van der Waals surface area contributed by atoms with E-state index >= 15 is 0 Å². The average molecular weight is 391 g/mol. The number of carbonyl (C=O) groups excluding carboxylic acids is 1. The second-order valence-corrected chi connectivity index (χ2v) is 7.35. The molecule has 0 N–H and O–H groups in total. The minimum atomic E-state index is -0.0850. The highest BCUT2D eigenvalue weighted by molar-refractivity contribution is 7.09. The van der Waals surface area contributed by atoms with Gasteiger partial charge in [-0.25, -0.2) is 0 Å². The summed E-state index contributed by atoms with van der Waals surface area (Å²) in [5.41, 5.74) is 0.499. The zero-order valence-electron chi connectivity index (χ0n) is 15.9. The summed E-state index contributed by atoms with van der Waals surface area (Å²) in [5, 5.41) is 2.02. The largest absolute Gasteiger partial charge is 0.493 e. The van der Waals surface area contributed by atoms with E-state index in [1.165, 1.54) is 0 Å². The maximum absolute atomic E-state index is 13.3. The Labute approximate surface area is 163 Å². The van der Waals surface area contributed by atoms with Gasteiger partial charge in [0.05, 0.1) is 34.0 Å². The van der Waals surface area contributed by atoms with E-state index in [1.54, 1.807) is 44.8 Å². The maximum Gasteiger partial charge on any atom is 0.254 e. The molecular weight excluding hydrogens is 366 g/mol. The predicted octanol–water partition coefficient (Wildman–Crippen LogP) is 3.60. The molecule has 1 amide bonds. The molecule has 0 saturated carbocycles. The highest BCUT2D eigenvalue weighted by Crippen LogP contribution is 2.38. The van der Waals surface area contributed by atoms with Crippen molar-refractivity contribution in [3.63, 3.8) is 0 Å². The third-order valence-electron chi connectivity index (χ3n) is 4.57. The summed E-state index contributed by atoms with van der Waals surface area (Å²) in [6.45, 7) is 1.87. The number of benzene rings is 1. The van der Waals surface area contributed by atoms with Crippen molar-refractivity contribution in [2.24, 2.45) is 0 Å². The molecule has 27 heavy (non-hydrogen) atoms. The molecule has 1 aliphatic heterocycles. The van der Waals surface area contributed by atoms with Gasteiger partial charge in [-0.1, -0.05) is 6.07 Å². The topological polar surface area (TPSA) is 57.2 Å². The van der Waals surface area contributed by atoms with Gasteiger partial charge in [0.1, 0.15) is 0 Å². The molecule has 1 aromatic carbocycles. The highest BCUT2D eigenvalue weighted by Gasteiger charge is 2.26. The molecule has 3 rings (SSSR count). The molecule has 2 heterocycles. The van der Waals surface area contributed by atoms with Crippen molar-refractivity contribution in [3.8, 4) is 17.2 Å². The van der Waals surface area contributed by atoms with Gasteiger partial charge >= 0.3 is 0 Å². The van der Waals surface area contributed by atoms with Crippen LogP contribution in [0.4, 0.5) is 0 Å². The van der Waals surface area contributed by atoms with Crippen molar-refractivity contribution in [2.75, 3.05) is 34.5 Å². The number of hydrogen-bond donors (Lipinski definition) is 0. The summed E-state index contributed by atoms with van der Waals surface area (Å²) in [5.74, 6) is 1.32. The lowest BCUT2D eigenvalue weighted by Crippen LogP contribution is -2.36. The number of carbonyl (C=O) groups is 1. The lowest BCUT2D eigenvalue weighted by molar-refractivity contribution is 0.0509. The van der Waals surface area contributed by atoms with Crippen molar-refractivity contribution in [1.82, 2.24) is 4.90 Å². The van der Waals surface area contributed by atoms with Gasteiger partial charge in [-0.15, -0.1) is 11.3 Å². The van der Waals surface area contributed by atoms with Gasteiger partial charge in [-0.05, 0) is 36.4 Å². The Morgan fingerprint density at radius 2 is 1.96 bits per heavy atom. The van der Waals surface area contributed by atoms with Crippen LogP contribution in [-0.4, -0.2) is 51.4 Å². The first kappa shape index (κ1) is 19.5. The fraction of sp³-hybridized carbons (Fsp3) is 0.450. The van der Waals surface area contributed by atoms with E-state index in [-0.39, 0.29) is 12.0 Å². The summed E-state index contributed by atoms with van der Waals surface area (Å²) in [6.07, 6.45) is 2.09. The van der Waals surface area contributed by atoms with Gasteiger partial charge in [0.15, 0.2) is 11.5 Å². The molecule has 6 nitrogen and oxygen atoms in total. The second kappa shape index (κ2) is 9.10. The minimum Gasteiger partial charge on any atom is -0.493 e. The third kappa shape index (κ3) is 4.54. The Morgan fingerprint density at radius 3 is 2.48 bits per heavy atom. The Morgan fingerprint density at radius 1 is 1.22 bits per heavy atom. The summed E-state index contributed by atoms with van der Waals surface area (Å²) in [7, 11) is 4.63. The van der Waals surface area contributed by atoms with Crippen LogP contribution in [0.1, 0.15) is 28.1 Å². The lowest BCUT2D eigenvalue weighted by atomic mass is 10.1. The van der Waals surface area contributed by atoms with E-state index in [0.29, 0.717) is 35.9 Å². The minimum absolute atomic E-state index is 0.0796. The van der Waals surface area contributed by atoms with E-state index < -0.39 is 0 Å². The number of thiophene rings is 1. The second-order valence-electron chi connectivity index (χ2n) is 6.31.